The van der Waals surface area contributed by atoms with Crippen LogP contribution in [-0.2, 0) is 33.3 Å². The van der Waals surface area contributed by atoms with Gasteiger partial charge in [0.15, 0.2) is 12.6 Å². The Morgan fingerprint density at radius 1 is 0.429 bits per heavy atom. The molecule has 12 atom stereocenters. The fourth-order valence-electron chi connectivity index (χ4n) is 8.39. The van der Waals surface area contributed by atoms with E-state index in [1.54, 1.807) is 0 Å². The number of ether oxygens (including phenoxy) is 5. The molecule has 63 heavy (non-hydrogen) atoms. The molecule has 0 aromatic heterocycles. The number of hydrogen-bond donors (Lipinski definition) is 8. The molecule has 2 heterocycles. The molecule has 2 rings (SSSR count). The van der Waals surface area contributed by atoms with Crippen LogP contribution in [0.2, 0.25) is 0 Å². The van der Waals surface area contributed by atoms with E-state index in [1.807, 2.05) is 0 Å². The van der Waals surface area contributed by atoms with Crippen molar-refractivity contribution in [1.29, 1.82) is 0 Å². The first-order chi connectivity index (χ1) is 30.4. The van der Waals surface area contributed by atoms with E-state index in [4.69, 9.17) is 35.2 Å². The zero-order chi connectivity index (χ0) is 46.2. The number of aliphatic hydroxyl groups excluding tert-OH is 6. The predicted molar refractivity (Wildman–Crippen MR) is 242 cm³/mol. The van der Waals surface area contributed by atoms with Crippen molar-refractivity contribution in [1.82, 2.24) is 0 Å². The Hall–Kier alpha value is -1.50. The zero-order valence-corrected chi connectivity index (χ0v) is 39.3. The molecule has 0 radical (unpaired) electrons. The van der Waals surface area contributed by atoms with Crippen LogP contribution in [0.3, 0.4) is 0 Å². The van der Waals surface area contributed by atoms with E-state index in [9.17, 15) is 40.2 Å². The summed E-state index contributed by atoms with van der Waals surface area (Å²) in [5, 5.41) is 63.5. The summed E-state index contributed by atoms with van der Waals surface area (Å²) >= 11 is 0. The third-order valence-electron chi connectivity index (χ3n) is 12.7. The molecule has 2 aliphatic heterocycles. The van der Waals surface area contributed by atoms with Crippen molar-refractivity contribution < 1.29 is 63.9 Å². The van der Waals surface area contributed by atoms with Crippen molar-refractivity contribution in [3.05, 3.63) is 0 Å². The van der Waals surface area contributed by atoms with E-state index < -0.39 is 86.6 Å². The van der Waals surface area contributed by atoms with Crippen molar-refractivity contribution >= 4 is 11.9 Å². The Morgan fingerprint density at radius 3 is 1.03 bits per heavy atom. The lowest BCUT2D eigenvalue weighted by molar-refractivity contribution is -0.376. The Labute approximate surface area is 379 Å². The summed E-state index contributed by atoms with van der Waals surface area (Å²) in [6.45, 7) is 3.57. The summed E-state index contributed by atoms with van der Waals surface area (Å²) in [6.07, 6.45) is 15.1. The second-order valence-corrected chi connectivity index (χ2v) is 18.5. The second kappa shape index (κ2) is 35.7. The molecule has 0 aliphatic carbocycles. The molecule has 2 unspecified atom stereocenters. The average molecular weight is 905 g/mol. The number of carbonyl (C=O) groups is 2. The molecule has 2 saturated heterocycles. The van der Waals surface area contributed by atoms with Gasteiger partial charge in [-0.05, 0) is 38.5 Å². The summed E-state index contributed by atoms with van der Waals surface area (Å²) in [4.78, 5) is 25.0. The molecule has 15 nitrogen and oxygen atoms in total. The first-order valence-corrected chi connectivity index (χ1v) is 25.3. The second-order valence-electron chi connectivity index (χ2n) is 18.5. The van der Waals surface area contributed by atoms with Crippen LogP contribution >= 0.6 is 0 Å². The predicted octanol–water partition coefficient (Wildman–Crippen LogP) is 6.10. The van der Waals surface area contributed by atoms with E-state index in [0.717, 1.165) is 89.9 Å². The summed E-state index contributed by atoms with van der Waals surface area (Å²) in [5.41, 5.74) is 12.6. The van der Waals surface area contributed by atoms with E-state index in [2.05, 4.69) is 13.8 Å². The molecule has 0 aromatic carbocycles. The fourth-order valence-corrected chi connectivity index (χ4v) is 8.39. The Balaban J connectivity index is 1.63. The van der Waals surface area contributed by atoms with Crippen LogP contribution in [0.15, 0.2) is 0 Å². The normalized spacial score (nSPS) is 27.3. The van der Waals surface area contributed by atoms with E-state index >= 15 is 0 Å². The third-order valence-corrected chi connectivity index (χ3v) is 12.7. The molecule has 0 saturated carbocycles. The van der Waals surface area contributed by atoms with Crippen LogP contribution in [0.4, 0.5) is 0 Å². The number of unbranched alkanes of at least 4 members (excludes halogenated alkanes) is 20. The molecule has 0 aromatic rings. The standard InChI is InChI=1S/C48H92N2O13/c1-3-5-7-9-15-21-27-35(49)29-23-17-11-13-19-25-31-39(51)59-33-37-41(53)43(55)45(57)47(61-37)63-48-46(58)44(56)42(54)38(62-48)34-60-40(52)32-26-20-14-12-18-24-30-36(50)28-22-16-10-8-6-4-2/h35-38,41-48,53-58H,3-34,49-50H2,1-2H3/t35?,36?,37-,38+,41-,42+,43+,44-,45-,46+,47-,48+. The molecule has 2 aliphatic rings. The van der Waals surface area contributed by atoms with Gasteiger partial charge in [0.2, 0.25) is 0 Å². The Kier molecular flexibility index (Phi) is 32.6. The van der Waals surface area contributed by atoms with Gasteiger partial charge < -0.3 is 65.8 Å². The van der Waals surface area contributed by atoms with Gasteiger partial charge in [0.05, 0.1) is 0 Å². The number of aliphatic hydroxyl groups is 6. The van der Waals surface area contributed by atoms with Crippen molar-refractivity contribution in [3.8, 4) is 0 Å². The maximum Gasteiger partial charge on any atom is 0.305 e. The van der Waals surface area contributed by atoms with Crippen LogP contribution in [0, 0.1) is 0 Å². The van der Waals surface area contributed by atoms with E-state index in [1.165, 1.54) is 77.0 Å². The molecule has 0 amide bonds. The number of esters is 2. The number of nitrogens with two attached hydrogens (primary N) is 2. The van der Waals surface area contributed by atoms with Crippen LogP contribution in [-0.4, -0.2) is 129 Å². The average Bonchev–Trinajstić information content (AvgIpc) is 3.27. The third kappa shape index (κ3) is 25.3. The summed E-state index contributed by atoms with van der Waals surface area (Å²) in [7, 11) is 0. The first-order valence-electron chi connectivity index (χ1n) is 25.3. The molecule has 15 heteroatoms. The molecule has 10 N–H and O–H groups in total. The first kappa shape index (κ1) is 57.6. The molecule has 372 valence electrons. The minimum atomic E-state index is -1.81. The van der Waals surface area contributed by atoms with Gasteiger partial charge in [-0.15, -0.1) is 0 Å². The minimum absolute atomic E-state index is 0.167. The van der Waals surface area contributed by atoms with Gasteiger partial charge in [-0.2, -0.15) is 0 Å². The highest BCUT2D eigenvalue weighted by atomic mass is 16.8. The van der Waals surface area contributed by atoms with Gasteiger partial charge in [0.25, 0.3) is 0 Å². The molecule has 2 fully saturated rings. The van der Waals surface area contributed by atoms with Crippen molar-refractivity contribution in [2.24, 2.45) is 11.5 Å². The van der Waals surface area contributed by atoms with Gasteiger partial charge in [0.1, 0.15) is 62.0 Å². The summed E-state index contributed by atoms with van der Waals surface area (Å²) in [5.74, 6) is -1.01. The van der Waals surface area contributed by atoms with E-state index in [-0.39, 0.29) is 24.9 Å². The van der Waals surface area contributed by atoms with Crippen LogP contribution in [0.1, 0.15) is 206 Å². The van der Waals surface area contributed by atoms with Crippen molar-refractivity contribution in [2.45, 2.75) is 280 Å². The molecular weight excluding hydrogens is 813 g/mol. The van der Waals surface area contributed by atoms with Crippen LogP contribution in [0.5, 0.6) is 0 Å². The minimum Gasteiger partial charge on any atom is -0.463 e. The number of rotatable bonds is 38. The van der Waals surface area contributed by atoms with E-state index in [0.29, 0.717) is 12.8 Å². The summed E-state index contributed by atoms with van der Waals surface area (Å²) in [6, 6.07) is 0.544. The SMILES string of the molecule is CCCCCCCCC(N)CCCCCCCCC(=O)OC[C@@H]1O[C@@H](O[C@H]2O[C@H](COC(=O)CCCCCCCCC(N)CCCCCCCC)[C@@H](O)[C@H](O)[C@H]2O)[C@@H](O)[C@H](O)[C@H]1O. The van der Waals surface area contributed by atoms with Gasteiger partial charge in [0, 0.05) is 24.9 Å². The largest absolute Gasteiger partial charge is 0.463 e. The smallest absolute Gasteiger partial charge is 0.305 e. The molecule has 0 spiro atoms. The lowest BCUT2D eigenvalue weighted by Crippen LogP contribution is -2.64. The monoisotopic (exact) mass is 905 g/mol. The van der Waals surface area contributed by atoms with Gasteiger partial charge in [-0.3, -0.25) is 9.59 Å². The molecular formula is C48H92N2O13. The topological polar surface area (TPSA) is 254 Å². The lowest BCUT2D eigenvalue weighted by atomic mass is 9.98. The highest BCUT2D eigenvalue weighted by molar-refractivity contribution is 5.69. The van der Waals surface area contributed by atoms with Crippen LogP contribution < -0.4 is 11.5 Å². The molecule has 0 bridgehead atoms. The van der Waals surface area contributed by atoms with Crippen LogP contribution in [0.25, 0.3) is 0 Å². The fraction of sp³-hybridized carbons (Fsp3) is 0.958. The highest BCUT2D eigenvalue weighted by Crippen LogP contribution is 2.29. The lowest BCUT2D eigenvalue weighted by Gasteiger charge is -2.44. The Morgan fingerprint density at radius 2 is 0.714 bits per heavy atom. The van der Waals surface area contributed by atoms with Gasteiger partial charge >= 0.3 is 11.9 Å². The maximum absolute atomic E-state index is 12.5. The van der Waals surface area contributed by atoms with Gasteiger partial charge in [-0.1, -0.05) is 155 Å². The van der Waals surface area contributed by atoms with Crippen molar-refractivity contribution in [3.63, 3.8) is 0 Å². The zero-order valence-electron chi connectivity index (χ0n) is 39.3. The van der Waals surface area contributed by atoms with Crippen molar-refractivity contribution in [2.75, 3.05) is 13.2 Å². The summed E-state index contributed by atoms with van der Waals surface area (Å²) < 4.78 is 27.6. The number of carbonyl (C=O) groups excluding carboxylic acids is 2. The highest BCUT2D eigenvalue weighted by Gasteiger charge is 2.50. The number of hydrogen-bond acceptors (Lipinski definition) is 15. The quantitative estimate of drug-likeness (QED) is 0.0257. The van der Waals surface area contributed by atoms with Gasteiger partial charge in [-0.25, -0.2) is 0 Å². The Bertz CT molecular complexity index is 1060. The maximum atomic E-state index is 12.5.